The van der Waals surface area contributed by atoms with Crippen molar-refractivity contribution in [1.29, 1.82) is 0 Å². The van der Waals surface area contributed by atoms with Crippen molar-refractivity contribution in [2.24, 2.45) is 5.92 Å². The fourth-order valence-electron chi connectivity index (χ4n) is 5.09. The molecule has 5 rings (SSSR count). The number of rotatable bonds is 5. The summed E-state index contributed by atoms with van der Waals surface area (Å²) in [5, 5.41) is 15.2. The molecule has 1 aliphatic heterocycles. The van der Waals surface area contributed by atoms with Gasteiger partial charge in [-0.15, -0.1) is 0 Å². The molecule has 2 aliphatic rings. The highest BCUT2D eigenvalue weighted by atomic mass is 16.5. The average Bonchev–Trinajstić information content (AvgIpc) is 3.52. The molecule has 0 bridgehead atoms. The second-order valence-electron chi connectivity index (χ2n) is 8.77. The molecule has 1 aliphatic carbocycles. The van der Waals surface area contributed by atoms with E-state index in [-0.39, 0.29) is 17.3 Å². The maximum Gasteiger partial charge on any atom is 0.299 e. The molecular weight excluding hydrogens is 432 g/mol. The topological polar surface area (TPSA) is 92.9 Å². The largest absolute Gasteiger partial charge is 0.507 e. The van der Waals surface area contributed by atoms with Gasteiger partial charge in [-0.1, -0.05) is 36.6 Å². The van der Waals surface area contributed by atoms with Crippen LogP contribution in [0.3, 0.4) is 0 Å². The van der Waals surface area contributed by atoms with Gasteiger partial charge in [-0.2, -0.15) is 0 Å². The summed E-state index contributed by atoms with van der Waals surface area (Å²) in [5.74, 6) is -0.662. The Morgan fingerprint density at radius 1 is 1.00 bits per heavy atom. The Balaban J connectivity index is 1.58. The monoisotopic (exact) mass is 458 g/mol. The van der Waals surface area contributed by atoms with E-state index in [9.17, 15) is 14.7 Å². The maximum atomic E-state index is 13.3. The molecule has 0 radical (unpaired) electrons. The lowest BCUT2D eigenvalue weighted by Crippen LogP contribution is -2.40. The van der Waals surface area contributed by atoms with Gasteiger partial charge in [0, 0.05) is 22.9 Å². The third-order valence-electron chi connectivity index (χ3n) is 6.83. The molecule has 1 amide bonds. The highest BCUT2D eigenvalue weighted by Crippen LogP contribution is 2.41. The van der Waals surface area contributed by atoms with E-state index in [2.05, 4.69) is 5.16 Å². The molecule has 1 aromatic heterocycles. The van der Waals surface area contributed by atoms with Gasteiger partial charge in [-0.25, -0.2) is 0 Å². The van der Waals surface area contributed by atoms with Gasteiger partial charge in [0.1, 0.15) is 23.5 Å². The summed E-state index contributed by atoms with van der Waals surface area (Å²) in [7, 11) is 1.57. The van der Waals surface area contributed by atoms with E-state index in [0.717, 1.165) is 37.7 Å². The highest BCUT2D eigenvalue weighted by Gasteiger charge is 2.49. The summed E-state index contributed by atoms with van der Waals surface area (Å²) in [6.45, 7) is 0. The van der Waals surface area contributed by atoms with Gasteiger partial charge in [0.2, 0.25) is 0 Å². The van der Waals surface area contributed by atoms with E-state index in [1.165, 1.54) is 6.26 Å². The van der Waals surface area contributed by atoms with Gasteiger partial charge >= 0.3 is 0 Å². The van der Waals surface area contributed by atoms with Crippen LogP contribution in [-0.2, 0) is 9.59 Å². The number of carbonyl (C=O) groups is 2. The number of nitrogens with zero attached hydrogens (tertiary/aromatic N) is 2. The predicted octanol–water partition coefficient (Wildman–Crippen LogP) is 5.18. The number of benzene rings is 2. The Morgan fingerprint density at radius 2 is 1.71 bits per heavy atom. The number of ether oxygens (including phenoxy) is 1. The van der Waals surface area contributed by atoms with Crippen molar-refractivity contribution in [1.82, 2.24) is 5.16 Å². The fraction of sp³-hybridized carbons (Fsp3) is 0.296. The van der Waals surface area contributed by atoms with Crippen LogP contribution in [0.15, 0.2) is 71.0 Å². The number of hydrogen-bond donors (Lipinski definition) is 1. The molecule has 2 aromatic carbocycles. The van der Waals surface area contributed by atoms with Crippen LogP contribution in [-0.4, -0.2) is 35.1 Å². The molecule has 7 heteroatoms. The van der Waals surface area contributed by atoms with Crippen molar-refractivity contribution >= 4 is 23.1 Å². The molecule has 1 unspecified atom stereocenters. The quantitative estimate of drug-likeness (QED) is 0.322. The van der Waals surface area contributed by atoms with Crippen molar-refractivity contribution in [2.45, 2.75) is 38.1 Å². The summed E-state index contributed by atoms with van der Waals surface area (Å²) < 4.78 is 10.1. The molecule has 1 N–H and O–H groups in total. The lowest BCUT2D eigenvalue weighted by atomic mass is 9.80. The molecule has 1 saturated carbocycles. The SMILES string of the molecule is COc1ccc(/C(O)=C2/C(=O)C(=O)N(c3ccc(-c4ccon4)cc3)C2C2CCCCC2)cc1. The Morgan fingerprint density at radius 3 is 2.32 bits per heavy atom. The number of Topliss-reactive ketones (excluding diaryl/α,β-unsaturated/α-hetero) is 1. The van der Waals surface area contributed by atoms with Crippen molar-refractivity contribution in [3.8, 4) is 17.0 Å². The van der Waals surface area contributed by atoms with Crippen LogP contribution in [0.1, 0.15) is 37.7 Å². The molecule has 0 spiro atoms. The van der Waals surface area contributed by atoms with Crippen LogP contribution in [0, 0.1) is 5.92 Å². The predicted molar refractivity (Wildman–Crippen MR) is 127 cm³/mol. The second kappa shape index (κ2) is 9.17. The zero-order valence-corrected chi connectivity index (χ0v) is 18.9. The molecule has 7 nitrogen and oxygen atoms in total. The molecule has 3 aromatic rings. The number of methoxy groups -OCH3 is 1. The number of carbonyl (C=O) groups excluding carboxylic acids is 2. The number of anilines is 1. The van der Waals surface area contributed by atoms with Crippen LogP contribution in [0.25, 0.3) is 17.0 Å². The van der Waals surface area contributed by atoms with Crippen molar-refractivity contribution in [3.05, 3.63) is 72.0 Å². The number of aliphatic hydroxyl groups is 1. The van der Waals surface area contributed by atoms with Crippen LogP contribution >= 0.6 is 0 Å². The van der Waals surface area contributed by atoms with Gasteiger partial charge in [0.15, 0.2) is 0 Å². The van der Waals surface area contributed by atoms with E-state index in [4.69, 9.17) is 9.26 Å². The van der Waals surface area contributed by atoms with E-state index in [1.807, 2.05) is 24.3 Å². The highest BCUT2D eigenvalue weighted by molar-refractivity contribution is 6.51. The number of ketones is 1. The maximum absolute atomic E-state index is 13.3. The summed E-state index contributed by atoms with van der Waals surface area (Å²) in [6.07, 6.45) is 6.53. The molecule has 2 heterocycles. The minimum atomic E-state index is -0.649. The molecule has 1 saturated heterocycles. The minimum absolute atomic E-state index is 0.0924. The van der Waals surface area contributed by atoms with Crippen molar-refractivity contribution < 1.29 is 24.0 Å². The lowest BCUT2D eigenvalue weighted by molar-refractivity contribution is -0.132. The average molecular weight is 459 g/mol. The summed E-state index contributed by atoms with van der Waals surface area (Å²) in [4.78, 5) is 28.1. The van der Waals surface area contributed by atoms with E-state index in [1.54, 1.807) is 42.3 Å². The van der Waals surface area contributed by atoms with E-state index in [0.29, 0.717) is 22.7 Å². The Hall–Kier alpha value is -3.87. The smallest absolute Gasteiger partial charge is 0.299 e. The van der Waals surface area contributed by atoms with Crippen LogP contribution in [0.5, 0.6) is 5.75 Å². The summed E-state index contributed by atoms with van der Waals surface area (Å²) in [5.41, 5.74) is 2.83. The first-order valence-corrected chi connectivity index (χ1v) is 11.5. The van der Waals surface area contributed by atoms with Crippen molar-refractivity contribution in [2.75, 3.05) is 12.0 Å². The van der Waals surface area contributed by atoms with Gasteiger partial charge in [0.05, 0.1) is 18.7 Å². The zero-order valence-electron chi connectivity index (χ0n) is 18.9. The number of aromatic nitrogens is 1. The summed E-state index contributed by atoms with van der Waals surface area (Å²) in [6, 6.07) is 15.4. The molecular formula is C27H26N2O5. The van der Waals surface area contributed by atoms with Crippen LogP contribution in [0.2, 0.25) is 0 Å². The Kier molecular flexibility index (Phi) is 5.92. The molecule has 1 atom stereocenters. The van der Waals surface area contributed by atoms with Gasteiger partial charge in [-0.3, -0.25) is 14.5 Å². The number of aliphatic hydroxyl groups excluding tert-OH is 1. The third kappa shape index (κ3) is 3.87. The number of amides is 1. The zero-order chi connectivity index (χ0) is 23.7. The number of hydrogen-bond acceptors (Lipinski definition) is 6. The molecule has 34 heavy (non-hydrogen) atoms. The minimum Gasteiger partial charge on any atom is -0.507 e. The Bertz CT molecular complexity index is 1210. The first-order chi connectivity index (χ1) is 16.6. The third-order valence-corrected chi connectivity index (χ3v) is 6.83. The van der Waals surface area contributed by atoms with E-state index < -0.39 is 17.7 Å². The summed E-state index contributed by atoms with van der Waals surface area (Å²) >= 11 is 0. The molecule has 2 fully saturated rings. The fourth-order valence-corrected chi connectivity index (χ4v) is 5.09. The van der Waals surface area contributed by atoms with E-state index >= 15 is 0 Å². The van der Waals surface area contributed by atoms with Crippen molar-refractivity contribution in [3.63, 3.8) is 0 Å². The van der Waals surface area contributed by atoms with Crippen LogP contribution < -0.4 is 9.64 Å². The van der Waals surface area contributed by atoms with Gasteiger partial charge in [-0.05, 0) is 55.2 Å². The standard InChI is InChI=1S/C27H26N2O5/c1-33-21-13-9-19(10-14-21)25(30)23-24(18-5-3-2-4-6-18)29(27(32)26(23)31)20-11-7-17(8-12-20)22-15-16-34-28-22/h7-16,18,24,30H,2-6H2,1H3/b25-23-. The first-order valence-electron chi connectivity index (χ1n) is 11.5. The van der Waals surface area contributed by atoms with Gasteiger partial charge in [0.25, 0.3) is 11.7 Å². The molecule has 174 valence electrons. The second-order valence-corrected chi connectivity index (χ2v) is 8.77. The normalized spacial score (nSPS) is 20.6. The lowest BCUT2D eigenvalue weighted by Gasteiger charge is -2.34. The van der Waals surface area contributed by atoms with Gasteiger partial charge < -0.3 is 14.4 Å². The first kappa shape index (κ1) is 21.9. The van der Waals surface area contributed by atoms with Crippen LogP contribution in [0.4, 0.5) is 5.69 Å². The Labute approximate surface area is 197 Å².